The van der Waals surface area contributed by atoms with E-state index < -0.39 is 5.54 Å². The van der Waals surface area contributed by atoms with E-state index in [2.05, 4.69) is 10.4 Å². The van der Waals surface area contributed by atoms with Crippen molar-refractivity contribution in [3.05, 3.63) is 17.5 Å². The maximum absolute atomic E-state index is 12.2. The maximum Gasteiger partial charge on any atom is 0.240 e. The average molecular weight is 252 g/mol. The van der Waals surface area contributed by atoms with Gasteiger partial charge in [0.1, 0.15) is 0 Å². The van der Waals surface area contributed by atoms with Gasteiger partial charge in [-0.15, -0.1) is 0 Å². The molecule has 0 aromatic carbocycles. The predicted octanol–water partition coefficient (Wildman–Crippen LogP) is 1.42. The number of aromatic nitrogens is 2. The highest BCUT2D eigenvalue weighted by Gasteiger charge is 2.31. The lowest BCUT2D eigenvalue weighted by molar-refractivity contribution is -0.127. The summed E-state index contributed by atoms with van der Waals surface area (Å²) in [5.74, 6) is -0.0942. The molecule has 3 N–H and O–H groups in total. The minimum absolute atomic E-state index is 0.0766. The van der Waals surface area contributed by atoms with Crippen LogP contribution in [0.4, 0.5) is 0 Å². The van der Waals surface area contributed by atoms with Crippen LogP contribution >= 0.6 is 0 Å². The van der Waals surface area contributed by atoms with Gasteiger partial charge in [-0.05, 0) is 26.7 Å². The molecule has 0 aliphatic rings. The van der Waals surface area contributed by atoms with Gasteiger partial charge in [-0.1, -0.05) is 13.8 Å². The minimum atomic E-state index is -0.773. The Balaban J connectivity index is 2.80. The molecule has 102 valence electrons. The van der Waals surface area contributed by atoms with Crippen LogP contribution in [-0.4, -0.2) is 21.2 Å². The first-order valence-corrected chi connectivity index (χ1v) is 6.44. The van der Waals surface area contributed by atoms with E-state index in [4.69, 9.17) is 5.73 Å². The second kappa shape index (κ2) is 5.52. The fourth-order valence-corrected chi connectivity index (χ4v) is 1.93. The zero-order valence-corrected chi connectivity index (χ0v) is 11.9. The number of carbonyl (C=O) groups is 1. The largest absolute Gasteiger partial charge is 0.348 e. The highest BCUT2D eigenvalue weighted by Crippen LogP contribution is 2.18. The summed E-state index contributed by atoms with van der Waals surface area (Å²) in [5.41, 5.74) is 7.39. The molecule has 5 nitrogen and oxygen atoms in total. The quantitative estimate of drug-likeness (QED) is 0.832. The highest BCUT2D eigenvalue weighted by molar-refractivity contribution is 5.86. The van der Waals surface area contributed by atoms with Crippen molar-refractivity contribution in [2.45, 2.75) is 52.1 Å². The number of hydrogen-bond acceptors (Lipinski definition) is 3. The molecule has 0 aliphatic heterocycles. The number of nitrogens with two attached hydrogens (primary N) is 1. The Morgan fingerprint density at radius 3 is 2.50 bits per heavy atom. The second-order valence-corrected chi connectivity index (χ2v) is 4.87. The topological polar surface area (TPSA) is 72.9 Å². The van der Waals surface area contributed by atoms with Crippen molar-refractivity contribution in [3.63, 3.8) is 0 Å². The van der Waals surface area contributed by atoms with Gasteiger partial charge in [0, 0.05) is 18.3 Å². The summed E-state index contributed by atoms with van der Waals surface area (Å²) in [4.78, 5) is 12.2. The summed E-state index contributed by atoms with van der Waals surface area (Å²) in [7, 11) is 1.89. The lowest BCUT2D eigenvalue weighted by Crippen LogP contribution is -2.53. The summed E-state index contributed by atoms with van der Waals surface area (Å²) < 4.78 is 1.80. The molecule has 1 rings (SSSR count). The van der Waals surface area contributed by atoms with Crippen LogP contribution in [-0.2, 0) is 11.8 Å². The third-order valence-corrected chi connectivity index (χ3v) is 3.80. The van der Waals surface area contributed by atoms with Gasteiger partial charge in [0.25, 0.3) is 0 Å². The van der Waals surface area contributed by atoms with Crippen molar-refractivity contribution in [2.24, 2.45) is 12.8 Å². The van der Waals surface area contributed by atoms with E-state index in [1.807, 2.05) is 34.7 Å². The van der Waals surface area contributed by atoms with Crippen molar-refractivity contribution in [1.82, 2.24) is 15.1 Å². The van der Waals surface area contributed by atoms with Crippen LogP contribution in [0.3, 0.4) is 0 Å². The van der Waals surface area contributed by atoms with Crippen LogP contribution < -0.4 is 11.1 Å². The molecule has 1 amide bonds. The number of nitrogens with one attached hydrogen (secondary N) is 1. The number of hydrogen-bond donors (Lipinski definition) is 2. The van der Waals surface area contributed by atoms with Gasteiger partial charge >= 0.3 is 0 Å². The predicted molar refractivity (Wildman–Crippen MR) is 72.0 cm³/mol. The zero-order chi connectivity index (χ0) is 13.9. The molecule has 1 heterocycles. The van der Waals surface area contributed by atoms with Crippen molar-refractivity contribution in [3.8, 4) is 0 Å². The summed E-state index contributed by atoms with van der Waals surface area (Å²) in [5, 5.41) is 7.16. The van der Waals surface area contributed by atoms with Crippen LogP contribution in [0.25, 0.3) is 0 Å². The molecule has 0 fully saturated rings. The normalized spacial score (nSPS) is 13.4. The maximum atomic E-state index is 12.2. The Hall–Kier alpha value is -1.36. The summed E-state index contributed by atoms with van der Waals surface area (Å²) in [6.07, 6.45) is 3.05. The molecule has 0 spiro atoms. The Morgan fingerprint density at radius 1 is 1.56 bits per heavy atom. The molecule has 5 heteroatoms. The number of carbonyl (C=O) groups excluding carboxylic acids is 1. The van der Waals surface area contributed by atoms with Gasteiger partial charge in [0.05, 0.1) is 17.8 Å². The molecule has 0 bridgehead atoms. The average Bonchev–Trinajstić information content (AvgIpc) is 2.68. The van der Waals surface area contributed by atoms with Gasteiger partial charge in [0.15, 0.2) is 0 Å². The minimum Gasteiger partial charge on any atom is -0.348 e. The SMILES string of the molecule is CCC(N)(CC)C(=O)NC(C)c1cnn(C)c1C. The van der Waals surface area contributed by atoms with Gasteiger partial charge in [0.2, 0.25) is 5.91 Å². The Labute approximate surface area is 109 Å². The number of amides is 1. The van der Waals surface area contributed by atoms with E-state index in [0.29, 0.717) is 12.8 Å². The number of aryl methyl sites for hydroxylation is 1. The van der Waals surface area contributed by atoms with Crippen molar-refractivity contribution in [1.29, 1.82) is 0 Å². The summed E-state index contributed by atoms with van der Waals surface area (Å²) >= 11 is 0. The van der Waals surface area contributed by atoms with E-state index >= 15 is 0 Å². The van der Waals surface area contributed by atoms with Crippen molar-refractivity contribution >= 4 is 5.91 Å². The molecule has 0 radical (unpaired) electrons. The zero-order valence-electron chi connectivity index (χ0n) is 11.9. The van der Waals surface area contributed by atoms with Gasteiger partial charge in [-0.25, -0.2) is 0 Å². The summed E-state index contributed by atoms with van der Waals surface area (Å²) in [6, 6.07) is -0.0766. The third kappa shape index (κ3) is 2.72. The van der Waals surface area contributed by atoms with Crippen molar-refractivity contribution < 1.29 is 4.79 Å². The fourth-order valence-electron chi connectivity index (χ4n) is 1.93. The van der Waals surface area contributed by atoms with Gasteiger partial charge < -0.3 is 11.1 Å². The molecule has 1 aromatic heterocycles. The molecule has 0 aliphatic carbocycles. The highest BCUT2D eigenvalue weighted by atomic mass is 16.2. The van der Waals surface area contributed by atoms with Crippen LogP contribution in [0.5, 0.6) is 0 Å². The van der Waals surface area contributed by atoms with Gasteiger partial charge in [-0.2, -0.15) is 5.10 Å². The third-order valence-electron chi connectivity index (χ3n) is 3.80. The molecule has 0 saturated heterocycles. The van der Waals surface area contributed by atoms with E-state index in [-0.39, 0.29) is 11.9 Å². The molecule has 1 aromatic rings. The van der Waals surface area contributed by atoms with E-state index in [1.165, 1.54) is 0 Å². The van der Waals surface area contributed by atoms with Crippen LogP contribution in [0.1, 0.15) is 50.9 Å². The Kier molecular flexibility index (Phi) is 4.51. The first-order valence-electron chi connectivity index (χ1n) is 6.44. The molecule has 1 atom stereocenters. The Morgan fingerprint density at radius 2 is 2.11 bits per heavy atom. The van der Waals surface area contributed by atoms with Crippen LogP contribution in [0.15, 0.2) is 6.20 Å². The molecular weight excluding hydrogens is 228 g/mol. The van der Waals surface area contributed by atoms with E-state index in [0.717, 1.165) is 11.3 Å². The monoisotopic (exact) mass is 252 g/mol. The first-order chi connectivity index (χ1) is 8.35. The molecule has 18 heavy (non-hydrogen) atoms. The molecule has 1 unspecified atom stereocenters. The molecular formula is C13H24N4O. The lowest BCUT2D eigenvalue weighted by atomic mass is 9.92. The van der Waals surface area contributed by atoms with Crippen LogP contribution in [0, 0.1) is 6.92 Å². The molecule has 0 saturated carbocycles. The second-order valence-electron chi connectivity index (χ2n) is 4.87. The van der Waals surface area contributed by atoms with Crippen molar-refractivity contribution in [2.75, 3.05) is 0 Å². The first kappa shape index (κ1) is 14.7. The Bertz CT molecular complexity index is 421. The number of rotatable bonds is 5. The lowest BCUT2D eigenvalue weighted by Gasteiger charge is -2.27. The standard InChI is InChI=1S/C13H24N4O/c1-6-13(14,7-2)12(18)16-9(3)11-8-15-17(5)10(11)4/h8-9H,6-7,14H2,1-5H3,(H,16,18). The summed E-state index contributed by atoms with van der Waals surface area (Å²) in [6.45, 7) is 7.81. The smallest absolute Gasteiger partial charge is 0.240 e. The van der Waals surface area contributed by atoms with E-state index in [9.17, 15) is 4.79 Å². The fraction of sp³-hybridized carbons (Fsp3) is 0.692. The van der Waals surface area contributed by atoms with Gasteiger partial charge in [-0.3, -0.25) is 9.48 Å². The van der Waals surface area contributed by atoms with E-state index in [1.54, 1.807) is 10.9 Å². The van der Waals surface area contributed by atoms with Crippen LogP contribution in [0.2, 0.25) is 0 Å². The number of nitrogens with zero attached hydrogens (tertiary/aromatic N) is 2.